The van der Waals surface area contributed by atoms with E-state index in [0.717, 1.165) is 6.42 Å². The van der Waals surface area contributed by atoms with Gasteiger partial charge in [0.15, 0.2) is 0 Å². The maximum Gasteiger partial charge on any atom is 0.330 e. The average molecular weight is 373 g/mol. The Labute approximate surface area is 158 Å². The summed E-state index contributed by atoms with van der Waals surface area (Å²) in [7, 11) is 0. The zero-order valence-electron chi connectivity index (χ0n) is 15.7. The van der Waals surface area contributed by atoms with E-state index in [0.29, 0.717) is 24.9 Å². The Hall–Kier alpha value is -2.22. The van der Waals surface area contributed by atoms with Crippen molar-refractivity contribution < 1.29 is 9.84 Å². The third-order valence-corrected chi connectivity index (χ3v) is 4.99. The van der Waals surface area contributed by atoms with Crippen molar-refractivity contribution in [3.8, 4) is 0 Å². The summed E-state index contributed by atoms with van der Waals surface area (Å²) in [6.07, 6.45) is 1.60. The molecular weight excluding hydrogens is 346 g/mol. The van der Waals surface area contributed by atoms with Crippen molar-refractivity contribution in [2.24, 2.45) is 0 Å². The van der Waals surface area contributed by atoms with Gasteiger partial charge >= 0.3 is 5.69 Å². The Bertz CT molecular complexity index is 862. The van der Waals surface area contributed by atoms with Gasteiger partial charge in [-0.15, -0.1) is 0 Å². The topological polar surface area (TPSA) is 96.3 Å². The summed E-state index contributed by atoms with van der Waals surface area (Å²) in [5, 5.41) is 13.7. The minimum Gasteiger partial charge on any atom is -0.390 e. The second-order valence-corrected chi connectivity index (χ2v) is 7.11. The lowest BCUT2D eigenvalue weighted by atomic mass is 10.1. The molecule has 27 heavy (non-hydrogen) atoms. The first-order chi connectivity index (χ1) is 13.0. The second kappa shape index (κ2) is 8.65. The third kappa shape index (κ3) is 4.74. The molecular formula is C20H27N3O4. The smallest absolute Gasteiger partial charge is 0.330 e. The van der Waals surface area contributed by atoms with Crippen LogP contribution in [0.2, 0.25) is 0 Å². The number of aromatic amines is 1. The minimum absolute atomic E-state index is 0.227. The van der Waals surface area contributed by atoms with Gasteiger partial charge in [-0.2, -0.15) is 0 Å². The lowest BCUT2D eigenvalue weighted by Crippen LogP contribution is -2.39. The standard InChI is InChI=1S/C20H27N3O4/c1-3-15-12-23(20(26)22-19(15)25)18-10-16(24)17(27-18)11-21-13(2)9-14-7-5-4-6-8-14/h4-8,12-13,16-18,21,24H,3,9-11H2,1-2H3,(H,22,25,26)/t13-,16?,17-,18-/m0/s1. The SMILES string of the molecule is CCc1cn([C@@H]2CC(O)[C@H](CN[C@@H](C)Cc3ccccc3)O2)c(=O)[nH]c1=O. The molecule has 2 aromatic rings. The minimum atomic E-state index is -0.671. The molecule has 1 aliphatic rings. The molecule has 0 amide bonds. The van der Waals surface area contributed by atoms with Crippen LogP contribution in [-0.4, -0.2) is 39.5 Å². The molecule has 7 nitrogen and oxygen atoms in total. The number of nitrogens with one attached hydrogen (secondary N) is 2. The van der Waals surface area contributed by atoms with Crippen LogP contribution in [0, 0.1) is 0 Å². The van der Waals surface area contributed by atoms with E-state index in [9.17, 15) is 14.7 Å². The summed E-state index contributed by atoms with van der Waals surface area (Å²) in [6.45, 7) is 4.43. The van der Waals surface area contributed by atoms with E-state index >= 15 is 0 Å². The fourth-order valence-corrected chi connectivity index (χ4v) is 3.42. The van der Waals surface area contributed by atoms with Gasteiger partial charge in [0.1, 0.15) is 6.23 Å². The number of ether oxygens (including phenoxy) is 1. The maximum absolute atomic E-state index is 12.1. The van der Waals surface area contributed by atoms with Gasteiger partial charge in [0.2, 0.25) is 0 Å². The van der Waals surface area contributed by atoms with Crippen LogP contribution in [-0.2, 0) is 17.6 Å². The average Bonchev–Trinajstić information content (AvgIpc) is 3.01. The number of rotatable bonds is 7. The Morgan fingerprint density at radius 2 is 2.07 bits per heavy atom. The van der Waals surface area contributed by atoms with E-state index < -0.39 is 24.1 Å². The highest BCUT2D eigenvalue weighted by atomic mass is 16.5. The second-order valence-electron chi connectivity index (χ2n) is 7.11. The molecule has 1 fully saturated rings. The largest absolute Gasteiger partial charge is 0.390 e. The molecule has 0 radical (unpaired) electrons. The Morgan fingerprint density at radius 1 is 1.33 bits per heavy atom. The molecule has 1 unspecified atom stereocenters. The van der Waals surface area contributed by atoms with Crippen LogP contribution in [0.3, 0.4) is 0 Å². The van der Waals surface area contributed by atoms with Gasteiger partial charge in [-0.1, -0.05) is 37.3 Å². The van der Waals surface area contributed by atoms with Crippen molar-refractivity contribution in [2.75, 3.05) is 6.54 Å². The van der Waals surface area contributed by atoms with Crippen LogP contribution < -0.4 is 16.6 Å². The lowest BCUT2D eigenvalue weighted by Gasteiger charge is -2.20. The Balaban J connectivity index is 1.60. The van der Waals surface area contributed by atoms with Crippen LogP contribution >= 0.6 is 0 Å². The molecule has 0 spiro atoms. The van der Waals surface area contributed by atoms with Gasteiger partial charge in [-0.05, 0) is 25.3 Å². The molecule has 1 aliphatic heterocycles. The van der Waals surface area contributed by atoms with Crippen molar-refractivity contribution in [1.82, 2.24) is 14.9 Å². The Morgan fingerprint density at radius 3 is 2.78 bits per heavy atom. The molecule has 0 saturated carbocycles. The molecule has 3 rings (SSSR count). The quantitative estimate of drug-likeness (QED) is 0.672. The van der Waals surface area contributed by atoms with Gasteiger partial charge < -0.3 is 15.2 Å². The number of H-pyrrole nitrogens is 1. The molecule has 0 aliphatic carbocycles. The molecule has 1 saturated heterocycles. The van der Waals surface area contributed by atoms with Crippen LogP contribution in [0.1, 0.15) is 37.6 Å². The first kappa shape index (κ1) is 19.5. The highest BCUT2D eigenvalue weighted by Crippen LogP contribution is 2.27. The summed E-state index contributed by atoms with van der Waals surface area (Å²) >= 11 is 0. The first-order valence-electron chi connectivity index (χ1n) is 9.43. The van der Waals surface area contributed by atoms with Crippen LogP contribution in [0.4, 0.5) is 0 Å². The van der Waals surface area contributed by atoms with Crippen LogP contribution in [0.15, 0.2) is 46.1 Å². The van der Waals surface area contributed by atoms with E-state index in [4.69, 9.17) is 4.74 Å². The van der Waals surface area contributed by atoms with Crippen molar-refractivity contribution >= 4 is 0 Å². The molecule has 7 heteroatoms. The molecule has 0 bridgehead atoms. The van der Waals surface area contributed by atoms with E-state index in [1.54, 1.807) is 0 Å². The van der Waals surface area contributed by atoms with Gasteiger partial charge in [-0.25, -0.2) is 4.79 Å². The molecule has 2 heterocycles. The van der Waals surface area contributed by atoms with E-state index in [2.05, 4.69) is 29.4 Å². The van der Waals surface area contributed by atoms with Crippen molar-refractivity contribution in [3.63, 3.8) is 0 Å². The van der Waals surface area contributed by atoms with Gasteiger partial charge in [-0.3, -0.25) is 14.3 Å². The Kier molecular flexibility index (Phi) is 6.26. The van der Waals surface area contributed by atoms with E-state index in [-0.39, 0.29) is 11.6 Å². The number of aryl methyl sites for hydroxylation is 1. The summed E-state index contributed by atoms with van der Waals surface area (Å²) in [4.78, 5) is 26.2. The fourth-order valence-electron chi connectivity index (χ4n) is 3.42. The molecule has 1 aromatic carbocycles. The highest BCUT2D eigenvalue weighted by Gasteiger charge is 2.35. The van der Waals surface area contributed by atoms with Crippen LogP contribution in [0.5, 0.6) is 0 Å². The first-order valence-corrected chi connectivity index (χ1v) is 9.43. The predicted octanol–water partition coefficient (Wildman–Crippen LogP) is 0.968. The fraction of sp³-hybridized carbons (Fsp3) is 0.500. The van der Waals surface area contributed by atoms with E-state index in [1.165, 1.54) is 16.3 Å². The zero-order valence-corrected chi connectivity index (χ0v) is 15.7. The number of hydrogen-bond acceptors (Lipinski definition) is 5. The molecule has 146 valence electrons. The number of nitrogens with zero attached hydrogens (tertiary/aromatic N) is 1. The highest BCUT2D eigenvalue weighted by molar-refractivity contribution is 5.15. The van der Waals surface area contributed by atoms with E-state index in [1.807, 2.05) is 25.1 Å². The van der Waals surface area contributed by atoms with Crippen molar-refractivity contribution in [1.29, 1.82) is 0 Å². The van der Waals surface area contributed by atoms with Gasteiger partial charge in [0.25, 0.3) is 5.56 Å². The predicted molar refractivity (Wildman–Crippen MR) is 103 cm³/mol. The van der Waals surface area contributed by atoms with Gasteiger partial charge in [0.05, 0.1) is 12.2 Å². The van der Waals surface area contributed by atoms with Crippen LogP contribution in [0.25, 0.3) is 0 Å². The van der Waals surface area contributed by atoms with Gasteiger partial charge in [0, 0.05) is 30.8 Å². The molecule has 3 N–H and O–H groups in total. The number of aliphatic hydroxyl groups is 1. The van der Waals surface area contributed by atoms with Crippen molar-refractivity contribution in [2.45, 2.75) is 57.6 Å². The normalized spacial score (nSPS) is 23.4. The number of benzene rings is 1. The monoisotopic (exact) mass is 373 g/mol. The summed E-state index contributed by atoms with van der Waals surface area (Å²) in [5.41, 5.74) is 0.881. The third-order valence-electron chi connectivity index (χ3n) is 4.99. The summed E-state index contributed by atoms with van der Waals surface area (Å²) in [6, 6.07) is 10.4. The lowest BCUT2D eigenvalue weighted by molar-refractivity contribution is -0.0202. The van der Waals surface area contributed by atoms with Crippen molar-refractivity contribution in [3.05, 3.63) is 68.5 Å². The zero-order chi connectivity index (χ0) is 19.4. The maximum atomic E-state index is 12.1. The summed E-state index contributed by atoms with van der Waals surface area (Å²) in [5.74, 6) is 0. The summed E-state index contributed by atoms with van der Waals surface area (Å²) < 4.78 is 7.28. The molecule has 4 atom stereocenters. The number of hydrogen-bond donors (Lipinski definition) is 3. The number of aromatic nitrogens is 2. The number of aliphatic hydroxyl groups excluding tert-OH is 1. The molecule has 1 aromatic heterocycles.